The Bertz CT molecular complexity index is 844. The Hall–Kier alpha value is -2.91. The summed E-state index contributed by atoms with van der Waals surface area (Å²) in [6.45, 7) is -0.120. The van der Waals surface area contributed by atoms with Crippen molar-refractivity contribution in [1.82, 2.24) is 10.6 Å². The van der Waals surface area contributed by atoms with Gasteiger partial charge in [-0.05, 0) is 23.3 Å². The second kappa shape index (κ2) is 11.9. The molecule has 0 fully saturated rings. The number of halogens is 1. The van der Waals surface area contributed by atoms with Crippen LogP contribution in [0, 0.1) is 0 Å². The first-order chi connectivity index (χ1) is 14.3. The van der Waals surface area contributed by atoms with Crippen molar-refractivity contribution < 1.29 is 29.3 Å². The molecule has 2 aromatic rings. The molecule has 0 heterocycles. The van der Waals surface area contributed by atoms with Crippen LogP contribution in [-0.4, -0.2) is 46.9 Å². The number of aliphatic hydroxyl groups is 1. The van der Waals surface area contributed by atoms with E-state index in [4.69, 9.17) is 4.74 Å². The number of carboxylic acid groups (broad SMARTS) is 1. The number of rotatable bonds is 10. The molecule has 0 spiro atoms. The number of carbonyl (C=O) groups is 3. The van der Waals surface area contributed by atoms with E-state index in [9.17, 15) is 24.6 Å². The van der Waals surface area contributed by atoms with Crippen LogP contribution in [0.4, 0.5) is 4.79 Å². The van der Waals surface area contributed by atoms with Crippen molar-refractivity contribution in [3.05, 3.63) is 70.2 Å². The Kier molecular flexibility index (Phi) is 9.30. The summed E-state index contributed by atoms with van der Waals surface area (Å²) in [5.41, 5.74) is 1.56. The monoisotopic (exact) mass is 478 g/mol. The Labute approximate surface area is 182 Å². The Balaban J connectivity index is 1.73. The van der Waals surface area contributed by atoms with Crippen LogP contribution < -0.4 is 10.6 Å². The number of hydrogen-bond donors (Lipinski definition) is 4. The summed E-state index contributed by atoms with van der Waals surface area (Å²) in [5.74, 6) is -1.81. The van der Waals surface area contributed by atoms with Crippen LogP contribution in [0.25, 0.3) is 0 Å². The van der Waals surface area contributed by atoms with Crippen molar-refractivity contribution in [3.63, 3.8) is 0 Å². The lowest BCUT2D eigenvalue weighted by atomic mass is 10.1. The molecule has 9 heteroatoms. The summed E-state index contributed by atoms with van der Waals surface area (Å²) in [6.07, 6.45) is -2.16. The second-order valence-electron chi connectivity index (χ2n) is 6.59. The first-order valence-electron chi connectivity index (χ1n) is 9.22. The van der Waals surface area contributed by atoms with Crippen LogP contribution in [0.3, 0.4) is 0 Å². The molecule has 8 nitrogen and oxygen atoms in total. The molecule has 2 rings (SSSR count). The molecule has 0 aliphatic rings. The van der Waals surface area contributed by atoms with Gasteiger partial charge in [-0.1, -0.05) is 58.4 Å². The average molecular weight is 479 g/mol. The van der Waals surface area contributed by atoms with E-state index in [-0.39, 0.29) is 26.0 Å². The van der Waals surface area contributed by atoms with Gasteiger partial charge in [0.25, 0.3) is 0 Å². The summed E-state index contributed by atoms with van der Waals surface area (Å²) in [5, 5.41) is 24.0. The van der Waals surface area contributed by atoms with Gasteiger partial charge < -0.3 is 25.6 Å². The molecule has 0 saturated heterocycles. The molecule has 2 amide bonds. The summed E-state index contributed by atoms with van der Waals surface area (Å²) in [7, 11) is 0. The van der Waals surface area contributed by atoms with Crippen molar-refractivity contribution in [2.45, 2.75) is 31.6 Å². The van der Waals surface area contributed by atoms with E-state index in [0.717, 1.165) is 15.6 Å². The molecule has 0 saturated carbocycles. The fourth-order valence-corrected chi connectivity index (χ4v) is 2.84. The predicted molar refractivity (Wildman–Crippen MR) is 113 cm³/mol. The third kappa shape index (κ3) is 8.62. The second-order valence-corrected chi connectivity index (χ2v) is 7.51. The van der Waals surface area contributed by atoms with Crippen LogP contribution >= 0.6 is 15.9 Å². The molecule has 0 bridgehead atoms. The highest BCUT2D eigenvalue weighted by Gasteiger charge is 2.22. The summed E-state index contributed by atoms with van der Waals surface area (Å²) >= 11 is 3.30. The number of benzene rings is 2. The van der Waals surface area contributed by atoms with E-state index in [1.165, 1.54) is 0 Å². The van der Waals surface area contributed by atoms with E-state index < -0.39 is 30.1 Å². The van der Waals surface area contributed by atoms with Gasteiger partial charge in [-0.15, -0.1) is 0 Å². The normalized spacial score (nSPS) is 12.5. The molecule has 30 heavy (non-hydrogen) atoms. The number of alkyl carbamates (subject to hydrolysis) is 1. The zero-order valence-electron chi connectivity index (χ0n) is 16.1. The quantitative estimate of drug-likeness (QED) is 0.414. The maximum Gasteiger partial charge on any atom is 0.407 e. The number of ether oxygens (including phenoxy) is 1. The average Bonchev–Trinajstić information content (AvgIpc) is 2.72. The van der Waals surface area contributed by atoms with Crippen molar-refractivity contribution in [1.29, 1.82) is 0 Å². The fourth-order valence-electron chi connectivity index (χ4n) is 2.57. The van der Waals surface area contributed by atoms with Crippen molar-refractivity contribution >= 4 is 33.9 Å². The first kappa shape index (κ1) is 23.4. The predicted octanol–water partition coefficient (Wildman–Crippen LogP) is 2.24. The Morgan fingerprint density at radius 3 is 2.30 bits per heavy atom. The molecule has 2 aromatic carbocycles. The smallest absolute Gasteiger partial charge is 0.407 e. The minimum absolute atomic E-state index is 0.0829. The number of aliphatic carboxylic acids is 1. The minimum atomic E-state index is -1.18. The van der Waals surface area contributed by atoms with Gasteiger partial charge in [0.2, 0.25) is 5.91 Å². The molecule has 0 unspecified atom stereocenters. The van der Waals surface area contributed by atoms with Gasteiger partial charge in [0.15, 0.2) is 0 Å². The molecule has 0 aliphatic carbocycles. The number of aliphatic hydroxyl groups excluding tert-OH is 1. The summed E-state index contributed by atoms with van der Waals surface area (Å²) < 4.78 is 5.87. The minimum Gasteiger partial charge on any atom is -0.480 e. The third-order valence-corrected chi connectivity index (χ3v) is 4.63. The van der Waals surface area contributed by atoms with E-state index in [2.05, 4.69) is 26.6 Å². The SMILES string of the molecule is O=C(C[C@@H](O)CNC(=O)OCc1ccccc1)N[C@@H](Cc1ccc(Br)cc1)C(=O)O. The van der Waals surface area contributed by atoms with Gasteiger partial charge in [0, 0.05) is 17.4 Å². The van der Waals surface area contributed by atoms with Crippen LogP contribution in [0.2, 0.25) is 0 Å². The van der Waals surface area contributed by atoms with Crippen molar-refractivity contribution in [3.8, 4) is 0 Å². The zero-order chi connectivity index (χ0) is 21.9. The van der Waals surface area contributed by atoms with Crippen LogP contribution in [-0.2, 0) is 27.4 Å². The lowest BCUT2D eigenvalue weighted by Gasteiger charge is -2.17. The van der Waals surface area contributed by atoms with E-state index >= 15 is 0 Å². The number of hydrogen-bond acceptors (Lipinski definition) is 5. The molecule has 2 atom stereocenters. The number of carboxylic acids is 1. The van der Waals surface area contributed by atoms with Crippen LogP contribution in [0.5, 0.6) is 0 Å². The largest absolute Gasteiger partial charge is 0.480 e. The van der Waals surface area contributed by atoms with Gasteiger partial charge in [-0.25, -0.2) is 9.59 Å². The summed E-state index contributed by atoms with van der Waals surface area (Å²) in [4.78, 5) is 35.2. The van der Waals surface area contributed by atoms with E-state index in [1.54, 1.807) is 36.4 Å². The number of carbonyl (C=O) groups excluding carboxylic acids is 2. The molecular weight excluding hydrogens is 456 g/mol. The standard InChI is InChI=1S/C21H23BrN2O6/c22-16-8-6-14(7-9-16)10-18(20(27)28)24-19(26)11-17(25)12-23-21(29)30-13-15-4-2-1-3-5-15/h1-9,17-18,25H,10-13H2,(H,23,29)(H,24,26)(H,27,28)/t17-,18+/m1/s1. The lowest BCUT2D eigenvalue weighted by Crippen LogP contribution is -2.44. The maximum atomic E-state index is 12.1. The highest BCUT2D eigenvalue weighted by atomic mass is 79.9. The topological polar surface area (TPSA) is 125 Å². The lowest BCUT2D eigenvalue weighted by molar-refractivity contribution is -0.142. The molecular formula is C21H23BrN2O6. The molecule has 0 aromatic heterocycles. The van der Waals surface area contributed by atoms with Gasteiger partial charge in [0.05, 0.1) is 12.5 Å². The summed E-state index contributed by atoms with van der Waals surface area (Å²) in [6, 6.07) is 15.0. The first-order valence-corrected chi connectivity index (χ1v) is 10.0. The van der Waals surface area contributed by atoms with Gasteiger partial charge in [-0.3, -0.25) is 4.79 Å². The van der Waals surface area contributed by atoms with Gasteiger partial charge in [-0.2, -0.15) is 0 Å². The molecule has 160 valence electrons. The van der Waals surface area contributed by atoms with Crippen LogP contribution in [0.1, 0.15) is 17.5 Å². The molecule has 4 N–H and O–H groups in total. The molecule has 0 radical (unpaired) electrons. The molecule has 0 aliphatic heterocycles. The van der Waals surface area contributed by atoms with E-state index in [1.807, 2.05) is 18.2 Å². The van der Waals surface area contributed by atoms with Crippen molar-refractivity contribution in [2.24, 2.45) is 0 Å². The zero-order valence-corrected chi connectivity index (χ0v) is 17.7. The highest BCUT2D eigenvalue weighted by molar-refractivity contribution is 9.10. The maximum absolute atomic E-state index is 12.1. The Morgan fingerprint density at radius 1 is 1.00 bits per heavy atom. The van der Waals surface area contributed by atoms with Crippen LogP contribution in [0.15, 0.2) is 59.1 Å². The van der Waals surface area contributed by atoms with E-state index in [0.29, 0.717) is 0 Å². The van der Waals surface area contributed by atoms with Gasteiger partial charge >= 0.3 is 12.1 Å². The van der Waals surface area contributed by atoms with Crippen molar-refractivity contribution in [2.75, 3.05) is 6.54 Å². The number of nitrogens with one attached hydrogen (secondary N) is 2. The fraction of sp³-hybridized carbons (Fsp3) is 0.286. The third-order valence-electron chi connectivity index (χ3n) is 4.10. The highest BCUT2D eigenvalue weighted by Crippen LogP contribution is 2.12. The number of amides is 2. The van der Waals surface area contributed by atoms with Gasteiger partial charge in [0.1, 0.15) is 12.6 Å². The Morgan fingerprint density at radius 2 is 1.67 bits per heavy atom.